The van der Waals surface area contributed by atoms with Gasteiger partial charge in [0, 0.05) is 29.6 Å². The molecule has 0 bridgehead atoms. The first-order valence-corrected chi connectivity index (χ1v) is 8.66. The molecule has 2 amide bonds. The number of piperazine rings is 1. The SMILES string of the molecule is CC(C)CN1CC(=O)N2C(C)c3[nH]c4ccccc4c3C[C@H]2C1=O. The van der Waals surface area contributed by atoms with Gasteiger partial charge in [-0.2, -0.15) is 0 Å². The Bertz CT molecular complexity index is 823. The smallest absolute Gasteiger partial charge is 0.246 e. The van der Waals surface area contributed by atoms with Crippen molar-refractivity contribution in [1.29, 1.82) is 0 Å². The third kappa shape index (κ3) is 2.14. The molecule has 1 N–H and O–H groups in total. The normalized spacial score (nSPS) is 23.8. The summed E-state index contributed by atoms with van der Waals surface area (Å²) in [5.41, 5.74) is 3.34. The summed E-state index contributed by atoms with van der Waals surface area (Å²) in [4.78, 5) is 32.7. The maximum Gasteiger partial charge on any atom is 0.246 e. The second kappa shape index (κ2) is 5.36. The van der Waals surface area contributed by atoms with E-state index in [0.717, 1.165) is 11.2 Å². The number of amides is 2. The number of fused-ring (bicyclic) bond motifs is 4. The molecule has 4 rings (SSSR count). The summed E-state index contributed by atoms with van der Waals surface area (Å²) >= 11 is 0. The highest BCUT2D eigenvalue weighted by Crippen LogP contribution is 2.38. The Kier molecular flexibility index (Phi) is 3.41. The third-order valence-electron chi connectivity index (χ3n) is 5.21. The molecule has 1 fully saturated rings. The van der Waals surface area contributed by atoms with Crippen molar-refractivity contribution in [2.24, 2.45) is 5.92 Å². The predicted octanol–water partition coefficient (Wildman–Crippen LogP) is 2.48. The number of hydrogen-bond donors (Lipinski definition) is 1. The van der Waals surface area contributed by atoms with Crippen LogP contribution in [-0.4, -0.2) is 45.7 Å². The van der Waals surface area contributed by atoms with Crippen molar-refractivity contribution in [3.8, 4) is 0 Å². The lowest BCUT2D eigenvalue weighted by molar-refractivity contribution is -0.159. The molecule has 2 aliphatic heterocycles. The van der Waals surface area contributed by atoms with E-state index in [1.54, 1.807) is 9.80 Å². The zero-order valence-corrected chi connectivity index (χ0v) is 14.4. The average molecular weight is 325 g/mol. The van der Waals surface area contributed by atoms with Crippen LogP contribution >= 0.6 is 0 Å². The number of carbonyl (C=O) groups is 2. The van der Waals surface area contributed by atoms with Gasteiger partial charge in [-0.05, 0) is 24.5 Å². The van der Waals surface area contributed by atoms with Crippen LogP contribution in [0.25, 0.3) is 10.9 Å². The van der Waals surface area contributed by atoms with Crippen molar-refractivity contribution in [3.05, 3.63) is 35.5 Å². The molecule has 0 saturated carbocycles. The summed E-state index contributed by atoms with van der Waals surface area (Å²) in [6.07, 6.45) is 0.600. The van der Waals surface area contributed by atoms with Gasteiger partial charge >= 0.3 is 0 Å². The zero-order chi connectivity index (χ0) is 17.0. The first-order valence-electron chi connectivity index (χ1n) is 8.66. The van der Waals surface area contributed by atoms with Crippen LogP contribution in [0, 0.1) is 5.92 Å². The summed E-state index contributed by atoms with van der Waals surface area (Å²) in [7, 11) is 0. The Balaban J connectivity index is 1.77. The van der Waals surface area contributed by atoms with Crippen LogP contribution in [0.1, 0.15) is 38.1 Å². The first-order chi connectivity index (χ1) is 11.5. The van der Waals surface area contributed by atoms with Gasteiger partial charge in [-0.25, -0.2) is 0 Å². The molecule has 5 nitrogen and oxygen atoms in total. The Morgan fingerprint density at radius 1 is 1.25 bits per heavy atom. The van der Waals surface area contributed by atoms with Crippen molar-refractivity contribution in [2.45, 2.75) is 39.3 Å². The largest absolute Gasteiger partial charge is 0.356 e. The molecule has 0 aliphatic carbocycles. The number of benzene rings is 1. The second-order valence-corrected chi connectivity index (χ2v) is 7.37. The quantitative estimate of drug-likeness (QED) is 0.922. The van der Waals surface area contributed by atoms with Gasteiger partial charge in [0.15, 0.2) is 0 Å². The Morgan fingerprint density at radius 2 is 2.00 bits per heavy atom. The van der Waals surface area contributed by atoms with Crippen LogP contribution in [0.5, 0.6) is 0 Å². The lowest BCUT2D eigenvalue weighted by Gasteiger charge is -2.46. The van der Waals surface area contributed by atoms with E-state index >= 15 is 0 Å². The van der Waals surface area contributed by atoms with Gasteiger partial charge < -0.3 is 14.8 Å². The van der Waals surface area contributed by atoms with E-state index in [1.165, 1.54) is 10.9 Å². The highest BCUT2D eigenvalue weighted by atomic mass is 16.2. The molecule has 0 radical (unpaired) electrons. The summed E-state index contributed by atoms with van der Waals surface area (Å²) in [5, 5.41) is 1.17. The molecule has 1 aromatic heterocycles. The molecular weight excluding hydrogens is 302 g/mol. The highest BCUT2D eigenvalue weighted by molar-refractivity contribution is 5.97. The summed E-state index contributed by atoms with van der Waals surface area (Å²) in [5.74, 6) is 0.501. The lowest BCUT2D eigenvalue weighted by atomic mass is 9.89. The fourth-order valence-corrected chi connectivity index (χ4v) is 4.22. The number of aromatic nitrogens is 1. The van der Waals surface area contributed by atoms with Crippen LogP contribution in [-0.2, 0) is 16.0 Å². The molecule has 24 heavy (non-hydrogen) atoms. The number of para-hydroxylation sites is 1. The van der Waals surface area contributed by atoms with Crippen LogP contribution in [0.4, 0.5) is 0 Å². The Morgan fingerprint density at radius 3 is 2.75 bits per heavy atom. The monoisotopic (exact) mass is 325 g/mol. The molecule has 1 aromatic carbocycles. The van der Waals surface area contributed by atoms with E-state index in [9.17, 15) is 9.59 Å². The number of H-pyrrole nitrogens is 1. The van der Waals surface area contributed by atoms with Gasteiger partial charge in [0.05, 0.1) is 12.6 Å². The van der Waals surface area contributed by atoms with Crippen molar-refractivity contribution in [1.82, 2.24) is 14.8 Å². The van der Waals surface area contributed by atoms with Gasteiger partial charge in [-0.3, -0.25) is 9.59 Å². The number of nitrogens with one attached hydrogen (secondary N) is 1. The molecule has 5 heteroatoms. The standard InChI is InChI=1S/C19H23N3O2/c1-11(2)9-21-10-17(23)22-12(3)18-14(8-16(22)19(21)24)13-6-4-5-7-15(13)20-18/h4-7,11-12,16,20H,8-10H2,1-3H3/t12?,16-/m0/s1. The molecule has 1 unspecified atom stereocenters. The third-order valence-corrected chi connectivity index (χ3v) is 5.21. The predicted molar refractivity (Wildman–Crippen MR) is 92.5 cm³/mol. The molecule has 0 spiro atoms. The molecule has 3 heterocycles. The Labute approximate surface area is 141 Å². The van der Waals surface area contributed by atoms with E-state index in [2.05, 4.69) is 24.9 Å². The van der Waals surface area contributed by atoms with Gasteiger partial charge in [-0.1, -0.05) is 32.0 Å². The highest BCUT2D eigenvalue weighted by Gasteiger charge is 2.46. The van der Waals surface area contributed by atoms with Gasteiger partial charge in [0.25, 0.3) is 0 Å². The van der Waals surface area contributed by atoms with Crippen LogP contribution in [0.3, 0.4) is 0 Å². The number of carbonyl (C=O) groups excluding carboxylic acids is 2. The topological polar surface area (TPSA) is 56.4 Å². The van der Waals surface area contributed by atoms with Crippen molar-refractivity contribution in [2.75, 3.05) is 13.1 Å². The van der Waals surface area contributed by atoms with Crippen LogP contribution in [0.15, 0.2) is 24.3 Å². The molecule has 1 saturated heterocycles. The fourth-order valence-electron chi connectivity index (χ4n) is 4.22. The summed E-state index contributed by atoms with van der Waals surface area (Å²) in [6, 6.07) is 7.70. The average Bonchev–Trinajstić information content (AvgIpc) is 2.91. The number of nitrogens with zero attached hydrogens (tertiary/aromatic N) is 2. The lowest BCUT2D eigenvalue weighted by Crippen LogP contribution is -2.62. The Hall–Kier alpha value is -2.30. The summed E-state index contributed by atoms with van der Waals surface area (Å²) < 4.78 is 0. The van der Waals surface area contributed by atoms with Crippen LogP contribution < -0.4 is 0 Å². The van der Waals surface area contributed by atoms with E-state index < -0.39 is 0 Å². The van der Waals surface area contributed by atoms with Crippen LogP contribution in [0.2, 0.25) is 0 Å². The minimum atomic E-state index is -0.369. The van der Waals surface area contributed by atoms with Crippen molar-refractivity contribution < 1.29 is 9.59 Å². The maximum absolute atomic E-state index is 13.0. The molecule has 126 valence electrons. The van der Waals surface area contributed by atoms with E-state index in [1.807, 2.05) is 25.1 Å². The van der Waals surface area contributed by atoms with Gasteiger partial charge in [0.2, 0.25) is 11.8 Å². The maximum atomic E-state index is 13.0. The molecular formula is C19H23N3O2. The molecule has 2 aliphatic rings. The first kappa shape index (κ1) is 15.2. The molecule has 2 atom stereocenters. The number of rotatable bonds is 2. The van der Waals surface area contributed by atoms with Crippen molar-refractivity contribution in [3.63, 3.8) is 0 Å². The van der Waals surface area contributed by atoms with E-state index in [4.69, 9.17) is 0 Å². The molecule has 2 aromatic rings. The van der Waals surface area contributed by atoms with Gasteiger partial charge in [-0.15, -0.1) is 0 Å². The minimum Gasteiger partial charge on any atom is -0.356 e. The van der Waals surface area contributed by atoms with E-state index in [-0.39, 0.29) is 30.4 Å². The number of aromatic amines is 1. The fraction of sp³-hybridized carbons (Fsp3) is 0.474. The van der Waals surface area contributed by atoms with Crippen molar-refractivity contribution >= 4 is 22.7 Å². The number of hydrogen-bond acceptors (Lipinski definition) is 2. The zero-order valence-electron chi connectivity index (χ0n) is 14.4. The minimum absolute atomic E-state index is 0.0528. The summed E-state index contributed by atoms with van der Waals surface area (Å²) in [6.45, 7) is 7.01. The second-order valence-electron chi connectivity index (χ2n) is 7.37. The van der Waals surface area contributed by atoms with Gasteiger partial charge in [0.1, 0.15) is 6.04 Å². The van der Waals surface area contributed by atoms with E-state index in [0.29, 0.717) is 18.9 Å².